The van der Waals surface area contributed by atoms with Gasteiger partial charge in [0.25, 0.3) is 0 Å². The third kappa shape index (κ3) is 6.57. The number of nitrogens with zero attached hydrogens (tertiary/aromatic N) is 6. The molecule has 7 rings (SSSR count). The van der Waals surface area contributed by atoms with Crippen LogP contribution in [0.25, 0.3) is 22.8 Å². The van der Waals surface area contributed by atoms with Crippen LogP contribution in [0, 0.1) is 0 Å². The summed E-state index contributed by atoms with van der Waals surface area (Å²) in [6.45, 7) is 0. The minimum absolute atomic E-state index is 0. The van der Waals surface area contributed by atoms with Crippen molar-refractivity contribution in [3.63, 3.8) is 0 Å². The third-order valence-corrected chi connectivity index (χ3v) is 7.18. The number of anilines is 6. The number of hydrogen-bond donors (Lipinski definition) is 0. The average molecular weight is 764 g/mol. The fourth-order valence-corrected chi connectivity index (χ4v) is 5.14. The van der Waals surface area contributed by atoms with Gasteiger partial charge in [0, 0.05) is 56.2 Å². The van der Waals surface area contributed by atoms with Crippen molar-refractivity contribution in [1.29, 1.82) is 0 Å². The van der Waals surface area contributed by atoms with Gasteiger partial charge in [0.15, 0.2) is 0 Å². The summed E-state index contributed by atoms with van der Waals surface area (Å²) in [5.41, 5.74) is 7.30. The molecule has 0 radical (unpaired) electrons. The largest absolute Gasteiger partial charge is 0.311 e. The summed E-state index contributed by atoms with van der Waals surface area (Å²) in [4.78, 5) is 23.5. The molecule has 0 saturated heterocycles. The van der Waals surface area contributed by atoms with Gasteiger partial charge < -0.3 is 4.90 Å². The number of pyridine rings is 4. The van der Waals surface area contributed by atoms with Gasteiger partial charge in [0.05, 0.1) is 22.8 Å². The average Bonchev–Trinajstić information content (AvgIpc) is 3.11. The predicted molar refractivity (Wildman–Crippen MR) is 178 cm³/mol. The van der Waals surface area contributed by atoms with Gasteiger partial charge in [-0.3, -0.25) is 14.9 Å². The number of rotatable bonds is 8. The third-order valence-electron chi connectivity index (χ3n) is 7.18. The molecule has 4 aromatic heterocycles. The zero-order valence-corrected chi connectivity index (χ0v) is 26.4. The van der Waals surface area contributed by atoms with E-state index in [1.54, 1.807) is 12.4 Å². The molecule has 0 unspecified atom stereocenters. The smallest absolute Gasteiger partial charge is 0.139 e. The number of para-hydroxylation sites is 2. The van der Waals surface area contributed by atoms with Crippen molar-refractivity contribution in [2.24, 2.45) is 0 Å². The van der Waals surface area contributed by atoms with Crippen LogP contribution in [0.4, 0.5) is 34.4 Å². The summed E-state index contributed by atoms with van der Waals surface area (Å²) in [6.07, 6.45) is 3.56. The molecule has 220 valence electrons. The molecule has 0 fully saturated rings. The Morgan fingerprint density at radius 2 is 0.689 bits per heavy atom. The summed E-state index contributed by atoms with van der Waals surface area (Å²) >= 11 is 0. The summed E-state index contributed by atoms with van der Waals surface area (Å²) in [5.74, 6) is 1.46. The van der Waals surface area contributed by atoms with Crippen molar-refractivity contribution in [3.8, 4) is 22.8 Å². The van der Waals surface area contributed by atoms with Gasteiger partial charge in [0.2, 0.25) is 0 Å². The molecule has 0 atom stereocenters. The standard InChI is InChI=1S/C38H28N6.Pt/c1-3-13-29(14-4-1)43(30-15-5-2-6-16-30)31-23-25-32(26-24-31)44(37-21-11-19-35(41-37)33-17-7-9-27-39-33)38-22-12-20-36(42-38)34-18-8-10-28-40-34;/h1-28H;. The first kappa shape index (κ1) is 29.6. The van der Waals surface area contributed by atoms with Crippen LogP contribution in [0.2, 0.25) is 0 Å². The second kappa shape index (κ2) is 13.9. The SMILES string of the molecule is [Pt].c1ccc(N(c2ccccc2)c2ccc(N(c3cccc(-c4ccccn4)n3)c3cccc(-c4ccccn4)n3)cc2)cc1. The Morgan fingerprint density at radius 1 is 0.311 bits per heavy atom. The van der Waals surface area contributed by atoms with Crippen molar-refractivity contribution in [3.05, 3.63) is 170 Å². The number of hydrogen-bond acceptors (Lipinski definition) is 6. The van der Waals surface area contributed by atoms with Crippen LogP contribution in [0.1, 0.15) is 0 Å². The first-order valence-electron chi connectivity index (χ1n) is 14.4. The number of benzene rings is 3. The molecular weight excluding hydrogens is 736 g/mol. The summed E-state index contributed by atoms with van der Waals surface area (Å²) < 4.78 is 0. The normalized spacial score (nSPS) is 10.5. The molecule has 0 N–H and O–H groups in total. The minimum atomic E-state index is 0. The van der Waals surface area contributed by atoms with Crippen LogP contribution >= 0.6 is 0 Å². The van der Waals surface area contributed by atoms with E-state index in [0.717, 1.165) is 57.2 Å². The second-order valence-corrected chi connectivity index (χ2v) is 10.1. The molecule has 45 heavy (non-hydrogen) atoms. The monoisotopic (exact) mass is 763 g/mol. The zero-order chi connectivity index (χ0) is 29.6. The van der Waals surface area contributed by atoms with Crippen LogP contribution in [-0.2, 0) is 21.1 Å². The Balaban J connectivity index is 0.00000357. The molecule has 4 heterocycles. The van der Waals surface area contributed by atoms with Gasteiger partial charge in [-0.25, -0.2) is 9.97 Å². The quantitative estimate of drug-likeness (QED) is 0.154. The Hall–Kier alpha value is -5.45. The van der Waals surface area contributed by atoms with E-state index < -0.39 is 0 Å². The molecule has 0 amide bonds. The Kier molecular flexibility index (Phi) is 9.14. The van der Waals surface area contributed by atoms with Crippen LogP contribution in [0.15, 0.2) is 170 Å². The van der Waals surface area contributed by atoms with Crippen LogP contribution in [0.3, 0.4) is 0 Å². The molecule has 6 nitrogen and oxygen atoms in total. The van der Waals surface area contributed by atoms with Gasteiger partial charge in [-0.05, 0) is 97.1 Å². The molecule has 0 aliphatic rings. The fourth-order valence-electron chi connectivity index (χ4n) is 5.14. The van der Waals surface area contributed by atoms with E-state index in [1.807, 2.05) is 84.9 Å². The molecular formula is C38H28N6Pt. The maximum atomic E-state index is 5.05. The summed E-state index contributed by atoms with van der Waals surface area (Å²) in [6, 6.07) is 52.9. The molecule has 0 aliphatic heterocycles. The topological polar surface area (TPSA) is 58.0 Å². The van der Waals surface area contributed by atoms with Gasteiger partial charge in [0.1, 0.15) is 11.6 Å². The molecule has 7 heteroatoms. The van der Waals surface area contributed by atoms with Crippen molar-refractivity contribution >= 4 is 34.4 Å². The van der Waals surface area contributed by atoms with Gasteiger partial charge in [-0.15, -0.1) is 0 Å². The van der Waals surface area contributed by atoms with E-state index in [1.165, 1.54) is 0 Å². The molecule has 0 saturated carbocycles. The first-order chi connectivity index (χ1) is 21.8. The minimum Gasteiger partial charge on any atom is -0.311 e. The zero-order valence-electron chi connectivity index (χ0n) is 24.2. The fraction of sp³-hybridized carbons (Fsp3) is 0. The van der Waals surface area contributed by atoms with Crippen molar-refractivity contribution in [2.45, 2.75) is 0 Å². The van der Waals surface area contributed by atoms with Gasteiger partial charge in [-0.1, -0.05) is 60.7 Å². The first-order valence-corrected chi connectivity index (χ1v) is 14.4. The van der Waals surface area contributed by atoms with Crippen molar-refractivity contribution < 1.29 is 21.1 Å². The van der Waals surface area contributed by atoms with E-state index in [2.05, 4.69) is 92.6 Å². The summed E-state index contributed by atoms with van der Waals surface area (Å²) in [7, 11) is 0. The molecule has 3 aromatic carbocycles. The molecule has 0 aliphatic carbocycles. The van der Waals surface area contributed by atoms with Crippen molar-refractivity contribution in [2.75, 3.05) is 9.80 Å². The van der Waals surface area contributed by atoms with E-state index >= 15 is 0 Å². The van der Waals surface area contributed by atoms with E-state index in [0.29, 0.717) is 0 Å². The number of aromatic nitrogens is 4. The molecule has 7 aromatic rings. The second-order valence-electron chi connectivity index (χ2n) is 10.1. The Labute approximate surface area is 277 Å². The van der Waals surface area contributed by atoms with Crippen LogP contribution in [-0.4, -0.2) is 19.9 Å². The van der Waals surface area contributed by atoms with Gasteiger partial charge >= 0.3 is 0 Å². The van der Waals surface area contributed by atoms with Gasteiger partial charge in [-0.2, -0.15) is 0 Å². The maximum Gasteiger partial charge on any atom is 0.139 e. The Bertz CT molecular complexity index is 1830. The van der Waals surface area contributed by atoms with Crippen LogP contribution < -0.4 is 9.80 Å². The Morgan fingerprint density at radius 3 is 1.11 bits per heavy atom. The van der Waals surface area contributed by atoms with E-state index in [9.17, 15) is 0 Å². The molecule has 0 spiro atoms. The van der Waals surface area contributed by atoms with Crippen molar-refractivity contribution in [1.82, 2.24) is 19.9 Å². The predicted octanol–water partition coefficient (Wildman–Crippen LogP) is 9.54. The maximum absolute atomic E-state index is 5.05. The summed E-state index contributed by atoms with van der Waals surface area (Å²) in [5, 5.41) is 0. The van der Waals surface area contributed by atoms with E-state index in [4.69, 9.17) is 9.97 Å². The van der Waals surface area contributed by atoms with E-state index in [-0.39, 0.29) is 21.1 Å². The molecule has 0 bridgehead atoms. The van der Waals surface area contributed by atoms with Crippen LogP contribution in [0.5, 0.6) is 0 Å².